The van der Waals surface area contributed by atoms with Crippen LogP contribution >= 0.6 is 0 Å². The Hall–Kier alpha value is -1.90. The van der Waals surface area contributed by atoms with Gasteiger partial charge < -0.3 is 11.1 Å². The van der Waals surface area contributed by atoms with Gasteiger partial charge in [-0.2, -0.15) is 18.3 Å². The fourth-order valence-electron chi connectivity index (χ4n) is 1.22. The highest BCUT2D eigenvalue weighted by atomic mass is 19.4. The number of aromatic nitrogens is 2. The molecular formula is C8H9F3N6. The number of nitrogens with two attached hydrogens (primary N) is 1. The molecule has 17 heavy (non-hydrogen) atoms. The Bertz CT molecular complexity index is 426. The largest absolute Gasteiger partial charge is 0.428 e. The summed E-state index contributed by atoms with van der Waals surface area (Å²) in [7, 11) is 0. The van der Waals surface area contributed by atoms with Crippen molar-refractivity contribution in [3.05, 3.63) is 23.8 Å². The van der Waals surface area contributed by atoms with Crippen molar-refractivity contribution in [1.29, 1.82) is 0 Å². The lowest BCUT2D eigenvalue weighted by molar-refractivity contribution is -0.156. The highest BCUT2D eigenvalue weighted by Gasteiger charge is 2.43. The van der Waals surface area contributed by atoms with Crippen LogP contribution in [-0.2, 0) is 6.54 Å². The molecule has 0 aliphatic carbocycles. The van der Waals surface area contributed by atoms with E-state index in [-0.39, 0.29) is 12.4 Å². The summed E-state index contributed by atoms with van der Waals surface area (Å²) >= 11 is 0. The first-order chi connectivity index (χ1) is 8.00. The van der Waals surface area contributed by atoms with Crippen LogP contribution in [0.25, 0.3) is 0 Å². The third kappa shape index (κ3) is 2.44. The Morgan fingerprint density at radius 2 is 1.94 bits per heavy atom. The molecule has 1 aromatic heterocycles. The Kier molecular flexibility index (Phi) is 2.84. The van der Waals surface area contributed by atoms with E-state index in [2.05, 4.69) is 20.4 Å². The lowest BCUT2D eigenvalue weighted by atomic mass is 10.3. The number of alkyl halides is 3. The molecule has 0 bridgehead atoms. The number of amidine groups is 1. The van der Waals surface area contributed by atoms with E-state index >= 15 is 0 Å². The van der Waals surface area contributed by atoms with Crippen molar-refractivity contribution in [1.82, 2.24) is 20.7 Å². The number of hydrogen-bond donors (Lipinski definition) is 3. The van der Waals surface area contributed by atoms with E-state index in [9.17, 15) is 13.2 Å². The van der Waals surface area contributed by atoms with Crippen LogP contribution in [0.1, 0.15) is 11.4 Å². The zero-order valence-electron chi connectivity index (χ0n) is 8.49. The highest BCUT2D eigenvalue weighted by Crippen LogP contribution is 2.20. The van der Waals surface area contributed by atoms with Crippen molar-refractivity contribution in [2.24, 2.45) is 10.8 Å². The summed E-state index contributed by atoms with van der Waals surface area (Å²) in [6.45, 7) is 0.170. The first-order valence-electron chi connectivity index (χ1n) is 4.68. The van der Waals surface area contributed by atoms with Crippen LogP contribution < -0.4 is 16.5 Å². The Labute approximate surface area is 94.1 Å². The van der Waals surface area contributed by atoms with Gasteiger partial charge in [0.1, 0.15) is 5.82 Å². The predicted molar refractivity (Wildman–Crippen MR) is 52.6 cm³/mol. The van der Waals surface area contributed by atoms with E-state index in [0.717, 1.165) is 0 Å². The summed E-state index contributed by atoms with van der Waals surface area (Å²) in [5.41, 5.74) is 7.61. The average Bonchev–Trinajstić information content (AvgIpc) is 2.78. The molecule has 1 aliphatic rings. The van der Waals surface area contributed by atoms with Gasteiger partial charge >= 0.3 is 6.18 Å². The van der Waals surface area contributed by atoms with Gasteiger partial charge in [-0.25, -0.2) is 9.97 Å². The second-order valence-electron chi connectivity index (χ2n) is 3.30. The van der Waals surface area contributed by atoms with E-state index in [1.54, 1.807) is 0 Å². The fourth-order valence-corrected chi connectivity index (χ4v) is 1.22. The lowest BCUT2D eigenvalue weighted by Crippen LogP contribution is -2.47. The van der Waals surface area contributed by atoms with Crippen molar-refractivity contribution in [2.45, 2.75) is 18.9 Å². The Morgan fingerprint density at radius 3 is 2.41 bits per heavy atom. The monoisotopic (exact) mass is 246 g/mol. The highest BCUT2D eigenvalue weighted by molar-refractivity contribution is 5.99. The van der Waals surface area contributed by atoms with Crippen molar-refractivity contribution < 1.29 is 13.2 Å². The molecular weight excluding hydrogens is 237 g/mol. The number of halogens is 3. The van der Waals surface area contributed by atoms with Crippen molar-refractivity contribution in [3.8, 4) is 0 Å². The minimum atomic E-state index is -4.41. The molecule has 0 radical (unpaired) electrons. The maximum atomic E-state index is 12.3. The molecule has 1 aliphatic heterocycles. The van der Waals surface area contributed by atoms with Crippen LogP contribution in [0.15, 0.2) is 17.5 Å². The van der Waals surface area contributed by atoms with Crippen LogP contribution in [0, 0.1) is 0 Å². The normalized spacial score (nSPS) is 19.5. The summed E-state index contributed by atoms with van der Waals surface area (Å²) in [6, 6.07) is 0. The molecule has 92 valence electrons. The quantitative estimate of drug-likeness (QED) is 0.665. The SMILES string of the molecule is NCc1ncc(C2=NNC(C(F)(F)F)N2)cn1. The molecule has 0 saturated carbocycles. The summed E-state index contributed by atoms with van der Waals surface area (Å²) < 4.78 is 37.0. The zero-order valence-corrected chi connectivity index (χ0v) is 8.49. The van der Waals surface area contributed by atoms with Crippen LogP contribution in [0.4, 0.5) is 13.2 Å². The van der Waals surface area contributed by atoms with Gasteiger partial charge in [0, 0.05) is 12.4 Å². The van der Waals surface area contributed by atoms with Crippen molar-refractivity contribution in [3.63, 3.8) is 0 Å². The average molecular weight is 246 g/mol. The van der Waals surface area contributed by atoms with Gasteiger partial charge in [0.25, 0.3) is 0 Å². The van der Waals surface area contributed by atoms with Crippen LogP contribution in [-0.4, -0.2) is 28.1 Å². The molecule has 0 spiro atoms. The number of nitrogens with zero attached hydrogens (tertiary/aromatic N) is 3. The summed E-state index contributed by atoms with van der Waals surface area (Å²) in [5.74, 6) is 0.462. The molecule has 0 aromatic carbocycles. The van der Waals surface area contributed by atoms with Gasteiger partial charge in [0.05, 0.1) is 12.1 Å². The first kappa shape index (κ1) is 11.6. The van der Waals surface area contributed by atoms with Crippen LogP contribution in [0.3, 0.4) is 0 Å². The molecule has 1 atom stereocenters. The molecule has 4 N–H and O–H groups in total. The number of rotatable bonds is 2. The minimum Gasteiger partial charge on any atom is -0.340 e. The van der Waals surface area contributed by atoms with Crippen LogP contribution in [0.2, 0.25) is 0 Å². The van der Waals surface area contributed by atoms with Gasteiger partial charge in [-0.1, -0.05) is 0 Å². The third-order valence-corrected chi connectivity index (χ3v) is 2.08. The maximum absolute atomic E-state index is 12.3. The van der Waals surface area contributed by atoms with E-state index in [1.807, 2.05) is 5.43 Å². The summed E-state index contributed by atoms with van der Waals surface area (Å²) in [5, 5.41) is 5.72. The van der Waals surface area contributed by atoms with E-state index < -0.39 is 12.3 Å². The molecule has 2 rings (SSSR count). The first-order valence-corrected chi connectivity index (χ1v) is 4.68. The van der Waals surface area contributed by atoms with Gasteiger partial charge in [0.15, 0.2) is 5.84 Å². The number of nitrogens with one attached hydrogen (secondary N) is 2. The second kappa shape index (κ2) is 4.17. The number of hydrazone groups is 1. The van der Waals surface area contributed by atoms with E-state index in [1.165, 1.54) is 12.4 Å². The summed E-state index contributed by atoms with van der Waals surface area (Å²) in [6.07, 6.45) is -3.57. The smallest absolute Gasteiger partial charge is 0.340 e. The Morgan fingerprint density at radius 1 is 1.29 bits per heavy atom. The number of hydrogen-bond acceptors (Lipinski definition) is 6. The molecule has 1 unspecified atom stereocenters. The molecule has 0 fully saturated rings. The van der Waals surface area contributed by atoms with Gasteiger partial charge in [0.2, 0.25) is 6.17 Å². The molecule has 2 heterocycles. The standard InChI is InChI=1S/C8H9F3N6/c9-8(10,11)7-15-6(16-17-7)4-2-13-5(1-12)14-3-4/h2-3,7,17H,1,12H2,(H,15,16). The molecule has 9 heteroatoms. The molecule has 0 saturated heterocycles. The summed E-state index contributed by atoms with van der Waals surface area (Å²) in [4.78, 5) is 7.73. The molecule has 0 amide bonds. The van der Waals surface area contributed by atoms with E-state index in [0.29, 0.717) is 11.4 Å². The van der Waals surface area contributed by atoms with Gasteiger partial charge in [-0.05, 0) is 0 Å². The van der Waals surface area contributed by atoms with E-state index in [4.69, 9.17) is 5.73 Å². The lowest BCUT2D eigenvalue weighted by Gasteiger charge is -2.15. The van der Waals surface area contributed by atoms with Gasteiger partial charge in [-0.3, -0.25) is 5.43 Å². The van der Waals surface area contributed by atoms with Crippen LogP contribution in [0.5, 0.6) is 0 Å². The molecule has 1 aromatic rings. The zero-order chi connectivity index (χ0) is 12.5. The van der Waals surface area contributed by atoms with Crippen molar-refractivity contribution in [2.75, 3.05) is 0 Å². The predicted octanol–water partition coefficient (Wildman–Crippen LogP) is -0.322. The minimum absolute atomic E-state index is 0.0518. The Balaban J connectivity index is 2.09. The topological polar surface area (TPSA) is 88.2 Å². The maximum Gasteiger partial charge on any atom is 0.428 e. The van der Waals surface area contributed by atoms with Crippen molar-refractivity contribution >= 4 is 5.84 Å². The third-order valence-electron chi connectivity index (χ3n) is 2.08. The second-order valence-corrected chi connectivity index (χ2v) is 3.30. The fraction of sp³-hybridized carbons (Fsp3) is 0.375. The molecule has 6 nitrogen and oxygen atoms in total. The van der Waals surface area contributed by atoms with Gasteiger partial charge in [-0.15, -0.1) is 0 Å².